The van der Waals surface area contributed by atoms with Gasteiger partial charge in [0.1, 0.15) is 0 Å². The number of esters is 1. The van der Waals surface area contributed by atoms with Crippen LogP contribution in [0.3, 0.4) is 0 Å². The molecule has 0 bridgehead atoms. The van der Waals surface area contributed by atoms with E-state index in [1.54, 1.807) is 6.21 Å². The Hall–Kier alpha value is -4.08. The van der Waals surface area contributed by atoms with E-state index in [0.717, 1.165) is 16.7 Å². The van der Waals surface area contributed by atoms with Crippen molar-refractivity contribution in [3.05, 3.63) is 94.8 Å². The number of aliphatic carboxylic acids is 1. The number of benzene rings is 2. The topological polar surface area (TPSA) is 107 Å². The molecule has 7 nitrogen and oxygen atoms in total. The van der Waals surface area contributed by atoms with E-state index in [4.69, 9.17) is 20.5 Å². The average molecular weight is 461 g/mol. The number of carboxylic acid groups (broad SMARTS) is 1. The third kappa shape index (κ3) is 7.84. The molecule has 3 aromatic rings. The Kier molecular flexibility index (Phi) is 8.79. The Bertz CT molecular complexity index is 1110. The van der Waals surface area contributed by atoms with Crippen molar-refractivity contribution in [2.24, 2.45) is 10.9 Å². The maximum Gasteiger partial charge on any atom is 0.490 e. The van der Waals surface area contributed by atoms with Crippen molar-refractivity contribution in [2.75, 3.05) is 7.11 Å². The smallest absolute Gasteiger partial charge is 0.475 e. The molecule has 174 valence electrons. The van der Waals surface area contributed by atoms with Crippen molar-refractivity contribution in [1.82, 2.24) is 4.57 Å². The molecule has 1 heterocycles. The van der Waals surface area contributed by atoms with Crippen molar-refractivity contribution < 1.29 is 32.6 Å². The molecule has 0 aliphatic heterocycles. The molecule has 0 unspecified atom stereocenters. The summed E-state index contributed by atoms with van der Waals surface area (Å²) in [5, 5.41) is 10.7. The first-order valence-electron chi connectivity index (χ1n) is 9.57. The summed E-state index contributed by atoms with van der Waals surface area (Å²) in [6.45, 7) is 0.699. The van der Waals surface area contributed by atoms with Crippen LogP contribution in [-0.4, -0.2) is 41.1 Å². The Morgan fingerprint density at radius 2 is 1.73 bits per heavy atom. The van der Waals surface area contributed by atoms with E-state index >= 15 is 0 Å². The summed E-state index contributed by atoms with van der Waals surface area (Å²) >= 11 is 0. The molecule has 0 aliphatic carbocycles. The first-order valence-corrected chi connectivity index (χ1v) is 9.57. The maximum atomic E-state index is 12.2. The van der Waals surface area contributed by atoms with E-state index < -0.39 is 12.1 Å². The number of ether oxygens (including phenoxy) is 1. The van der Waals surface area contributed by atoms with E-state index in [-0.39, 0.29) is 5.97 Å². The minimum absolute atomic E-state index is 0.327. The molecule has 0 saturated heterocycles. The van der Waals surface area contributed by atoms with E-state index in [2.05, 4.69) is 17.2 Å². The second-order valence-electron chi connectivity index (χ2n) is 6.85. The minimum atomic E-state index is -5.08. The van der Waals surface area contributed by atoms with Crippen molar-refractivity contribution in [2.45, 2.75) is 19.1 Å². The van der Waals surface area contributed by atoms with Crippen LogP contribution >= 0.6 is 0 Å². The molecular formula is C23H22F3N3O4. The largest absolute Gasteiger partial charge is 0.490 e. The minimum Gasteiger partial charge on any atom is -0.475 e. The number of nitrogens with two attached hydrogens (primary N) is 1. The number of hydrogen-bond donors (Lipinski definition) is 2. The zero-order valence-electron chi connectivity index (χ0n) is 17.6. The summed E-state index contributed by atoms with van der Waals surface area (Å²) in [6.07, 6.45) is 0.992. The number of carboxylic acids is 1. The summed E-state index contributed by atoms with van der Waals surface area (Å²) in [6, 6.07) is 18.0. The van der Waals surface area contributed by atoms with Crippen LogP contribution in [0.2, 0.25) is 0 Å². The fourth-order valence-corrected chi connectivity index (χ4v) is 2.97. The number of hydrazone groups is 1. The van der Waals surface area contributed by atoms with Gasteiger partial charge in [0.15, 0.2) is 0 Å². The van der Waals surface area contributed by atoms with Gasteiger partial charge in [-0.15, -0.1) is 0 Å². The van der Waals surface area contributed by atoms with Gasteiger partial charge in [-0.05, 0) is 34.7 Å². The van der Waals surface area contributed by atoms with Gasteiger partial charge < -0.3 is 20.3 Å². The quantitative estimate of drug-likeness (QED) is 0.251. The Labute approximate surface area is 187 Å². The van der Waals surface area contributed by atoms with Gasteiger partial charge in [0.05, 0.1) is 18.9 Å². The van der Waals surface area contributed by atoms with Gasteiger partial charge in [0.2, 0.25) is 0 Å². The summed E-state index contributed by atoms with van der Waals surface area (Å²) in [4.78, 5) is 21.1. The second-order valence-corrected chi connectivity index (χ2v) is 6.85. The highest BCUT2D eigenvalue weighted by atomic mass is 19.4. The second kappa shape index (κ2) is 11.5. The monoisotopic (exact) mass is 461 g/mol. The fraction of sp³-hybridized carbons (Fsp3) is 0.174. The lowest BCUT2D eigenvalue weighted by Gasteiger charge is -2.04. The number of carbonyl (C=O) groups excluding carboxylic acids is 1. The van der Waals surface area contributed by atoms with Crippen molar-refractivity contribution in [3.8, 4) is 0 Å². The lowest BCUT2D eigenvalue weighted by Crippen LogP contribution is -2.21. The Morgan fingerprint density at radius 3 is 2.30 bits per heavy atom. The van der Waals surface area contributed by atoms with Gasteiger partial charge in [0, 0.05) is 18.9 Å². The molecule has 0 saturated carbocycles. The molecule has 1 aromatic heterocycles. The van der Waals surface area contributed by atoms with Crippen LogP contribution in [0.15, 0.2) is 72.1 Å². The maximum absolute atomic E-state index is 12.2. The number of hydrogen-bond acceptors (Lipinski definition) is 5. The van der Waals surface area contributed by atoms with Gasteiger partial charge in [-0.3, -0.25) is 0 Å². The molecule has 2 aromatic carbocycles. The van der Waals surface area contributed by atoms with Crippen LogP contribution in [0.1, 0.15) is 32.6 Å². The van der Waals surface area contributed by atoms with Crippen LogP contribution in [0.4, 0.5) is 13.2 Å². The van der Waals surface area contributed by atoms with Crippen LogP contribution in [0.5, 0.6) is 0 Å². The molecule has 3 N–H and O–H groups in total. The van der Waals surface area contributed by atoms with Crippen molar-refractivity contribution in [1.29, 1.82) is 0 Å². The molecule has 0 spiro atoms. The zero-order valence-corrected chi connectivity index (χ0v) is 17.6. The van der Waals surface area contributed by atoms with E-state index in [0.29, 0.717) is 18.5 Å². The fourth-order valence-electron chi connectivity index (χ4n) is 2.97. The first-order chi connectivity index (χ1) is 15.6. The third-order valence-corrected chi connectivity index (χ3v) is 4.39. The molecule has 3 rings (SSSR count). The summed E-state index contributed by atoms with van der Waals surface area (Å²) in [7, 11) is 1.40. The molecule has 0 fully saturated rings. The van der Waals surface area contributed by atoms with E-state index in [9.17, 15) is 18.0 Å². The van der Waals surface area contributed by atoms with Crippen LogP contribution in [0.25, 0.3) is 0 Å². The SMILES string of the molecule is COC(=O)c1cn(Cc2ccccc2)cc1Cc1cccc(C=NN)c1.O=C(O)C(F)(F)F. The van der Waals surface area contributed by atoms with Crippen molar-refractivity contribution in [3.63, 3.8) is 0 Å². The number of rotatable bonds is 6. The highest BCUT2D eigenvalue weighted by Gasteiger charge is 2.38. The number of halogens is 3. The first kappa shape index (κ1) is 25.2. The van der Waals surface area contributed by atoms with E-state index in [1.165, 1.54) is 12.7 Å². The number of carbonyl (C=O) groups is 2. The van der Waals surface area contributed by atoms with Crippen LogP contribution in [-0.2, 0) is 22.5 Å². The predicted octanol–water partition coefficient (Wildman–Crippen LogP) is 3.84. The molecule has 0 amide bonds. The average Bonchev–Trinajstić information content (AvgIpc) is 3.16. The predicted molar refractivity (Wildman–Crippen MR) is 116 cm³/mol. The molecule has 0 atom stereocenters. The lowest BCUT2D eigenvalue weighted by molar-refractivity contribution is -0.192. The molecule has 10 heteroatoms. The normalized spacial score (nSPS) is 11.0. The Balaban J connectivity index is 0.000000479. The molecule has 33 heavy (non-hydrogen) atoms. The number of aromatic nitrogens is 1. The van der Waals surface area contributed by atoms with Gasteiger partial charge in [-0.1, -0.05) is 48.5 Å². The number of nitrogens with zero attached hydrogens (tertiary/aromatic N) is 2. The summed E-state index contributed by atoms with van der Waals surface area (Å²) < 4.78 is 38.7. The van der Waals surface area contributed by atoms with Gasteiger partial charge in [-0.25, -0.2) is 9.59 Å². The summed E-state index contributed by atoms with van der Waals surface area (Å²) in [5.41, 5.74) is 4.68. The Morgan fingerprint density at radius 1 is 1.09 bits per heavy atom. The van der Waals surface area contributed by atoms with Crippen LogP contribution in [0, 0.1) is 0 Å². The standard InChI is InChI=1S/C21H21N3O2.C2HF3O2/c1-26-21(25)20-15-24(13-16-6-3-2-4-7-16)14-19(20)11-17-8-5-9-18(10-17)12-23-22;3-2(4,5)1(6)7/h2-10,12,14-15H,11,13,22H2,1H3;(H,6,7). The third-order valence-electron chi connectivity index (χ3n) is 4.39. The van der Waals surface area contributed by atoms with Gasteiger partial charge >= 0.3 is 18.1 Å². The summed E-state index contributed by atoms with van der Waals surface area (Å²) in [5.74, 6) is 2.14. The highest BCUT2D eigenvalue weighted by molar-refractivity contribution is 5.91. The molecule has 0 radical (unpaired) electrons. The number of methoxy groups -OCH3 is 1. The molecule has 0 aliphatic rings. The lowest BCUT2D eigenvalue weighted by atomic mass is 10.0. The van der Waals surface area contributed by atoms with Gasteiger partial charge in [0.25, 0.3) is 0 Å². The van der Waals surface area contributed by atoms with Crippen LogP contribution < -0.4 is 5.84 Å². The molecular weight excluding hydrogens is 439 g/mol. The zero-order chi connectivity index (χ0) is 24.4. The van der Waals surface area contributed by atoms with E-state index in [1.807, 2.05) is 59.4 Å². The van der Waals surface area contributed by atoms with Crippen molar-refractivity contribution >= 4 is 18.2 Å². The number of alkyl halides is 3. The van der Waals surface area contributed by atoms with Gasteiger partial charge in [-0.2, -0.15) is 18.3 Å². The highest BCUT2D eigenvalue weighted by Crippen LogP contribution is 2.19.